The number of hydrogen-bond donors (Lipinski definition) is 2. The molecular formula is C21H32N4O. The average molecular weight is 357 g/mol. The van der Waals surface area contributed by atoms with E-state index in [9.17, 15) is 4.79 Å². The van der Waals surface area contributed by atoms with Crippen molar-refractivity contribution in [3.63, 3.8) is 0 Å². The Bertz CT molecular complexity index is 752. The number of rotatable bonds is 7. The highest BCUT2D eigenvalue weighted by Gasteiger charge is 2.17. The summed E-state index contributed by atoms with van der Waals surface area (Å²) < 4.78 is 0. The van der Waals surface area contributed by atoms with Gasteiger partial charge in [-0.25, -0.2) is 4.98 Å². The van der Waals surface area contributed by atoms with E-state index in [4.69, 9.17) is 4.98 Å². The number of hydrogen-bond acceptors (Lipinski definition) is 3. The monoisotopic (exact) mass is 356 g/mol. The Morgan fingerprint density at radius 3 is 3.04 bits per heavy atom. The zero-order chi connectivity index (χ0) is 18.5. The summed E-state index contributed by atoms with van der Waals surface area (Å²) in [5.41, 5.74) is 4.68. The summed E-state index contributed by atoms with van der Waals surface area (Å²) in [6.45, 7) is 7.29. The van der Waals surface area contributed by atoms with Crippen LogP contribution in [0, 0.1) is 19.8 Å². The molecule has 0 spiro atoms. The van der Waals surface area contributed by atoms with Gasteiger partial charge in [-0.1, -0.05) is 6.07 Å². The summed E-state index contributed by atoms with van der Waals surface area (Å²) in [6.07, 6.45) is 5.97. The summed E-state index contributed by atoms with van der Waals surface area (Å²) >= 11 is 0. The van der Waals surface area contributed by atoms with E-state index in [1.54, 1.807) is 0 Å². The minimum atomic E-state index is 0.189. The summed E-state index contributed by atoms with van der Waals surface area (Å²) in [4.78, 5) is 22.5. The molecule has 0 bridgehead atoms. The van der Waals surface area contributed by atoms with Crippen LogP contribution in [0.1, 0.15) is 49.1 Å². The van der Waals surface area contributed by atoms with Crippen LogP contribution in [-0.4, -0.2) is 47.5 Å². The number of benzene rings is 1. The standard InChI is InChI=1S/C21H32N4O/c1-15-8-10-18-21(16(15)2)24-19(23-18)7-4-12-22-20(26)11-9-17-6-5-13-25(3)14-17/h8,10,17H,4-7,9,11-14H2,1-3H3,(H,22,26)(H,23,24). The first-order valence-electron chi connectivity index (χ1n) is 9.93. The normalized spacial score (nSPS) is 18.3. The SMILES string of the molecule is Cc1ccc2[nH]c(CCCNC(=O)CCC3CCCN(C)C3)nc2c1C. The molecule has 1 fully saturated rings. The molecule has 1 aliphatic rings. The minimum absolute atomic E-state index is 0.189. The molecule has 1 saturated heterocycles. The van der Waals surface area contributed by atoms with Crippen LogP contribution in [0.4, 0.5) is 0 Å². The van der Waals surface area contributed by atoms with Gasteiger partial charge < -0.3 is 15.2 Å². The van der Waals surface area contributed by atoms with Crippen LogP contribution in [-0.2, 0) is 11.2 Å². The molecule has 3 rings (SSSR count). The zero-order valence-electron chi connectivity index (χ0n) is 16.4. The van der Waals surface area contributed by atoms with Gasteiger partial charge in [-0.15, -0.1) is 0 Å². The highest BCUT2D eigenvalue weighted by molar-refractivity contribution is 5.79. The largest absolute Gasteiger partial charge is 0.356 e. The minimum Gasteiger partial charge on any atom is -0.356 e. The van der Waals surface area contributed by atoms with Crippen molar-refractivity contribution in [3.8, 4) is 0 Å². The second kappa shape index (κ2) is 8.67. The fourth-order valence-corrected chi connectivity index (χ4v) is 3.90. The molecule has 26 heavy (non-hydrogen) atoms. The number of carbonyl (C=O) groups excluding carboxylic acids is 1. The lowest BCUT2D eigenvalue weighted by Crippen LogP contribution is -2.33. The molecule has 1 aromatic carbocycles. The number of nitrogens with zero attached hydrogens (tertiary/aromatic N) is 2. The van der Waals surface area contributed by atoms with Crippen molar-refractivity contribution >= 4 is 16.9 Å². The predicted octanol–water partition coefficient (Wildman–Crippen LogP) is 3.35. The number of nitrogens with one attached hydrogen (secondary N) is 2. The van der Waals surface area contributed by atoms with E-state index in [0.29, 0.717) is 12.3 Å². The van der Waals surface area contributed by atoms with E-state index < -0.39 is 0 Å². The van der Waals surface area contributed by atoms with E-state index >= 15 is 0 Å². The van der Waals surface area contributed by atoms with Crippen LogP contribution in [0.2, 0.25) is 0 Å². The molecule has 2 heterocycles. The first kappa shape index (κ1) is 18.9. The Hall–Kier alpha value is -1.88. The van der Waals surface area contributed by atoms with Gasteiger partial charge in [-0.3, -0.25) is 4.79 Å². The summed E-state index contributed by atoms with van der Waals surface area (Å²) in [5.74, 6) is 1.88. The Morgan fingerprint density at radius 2 is 2.23 bits per heavy atom. The van der Waals surface area contributed by atoms with Crippen molar-refractivity contribution in [2.24, 2.45) is 5.92 Å². The van der Waals surface area contributed by atoms with E-state index in [2.05, 4.69) is 48.2 Å². The van der Waals surface area contributed by atoms with Gasteiger partial charge in [0.05, 0.1) is 11.0 Å². The number of imidazole rings is 1. The lowest BCUT2D eigenvalue weighted by molar-refractivity contribution is -0.121. The van der Waals surface area contributed by atoms with Gasteiger partial charge in [0, 0.05) is 25.9 Å². The van der Waals surface area contributed by atoms with Crippen LogP contribution in [0.25, 0.3) is 11.0 Å². The third kappa shape index (κ3) is 4.85. The van der Waals surface area contributed by atoms with Gasteiger partial charge >= 0.3 is 0 Å². The molecule has 1 atom stereocenters. The Morgan fingerprint density at radius 1 is 1.38 bits per heavy atom. The van der Waals surface area contributed by atoms with Crippen LogP contribution in [0.5, 0.6) is 0 Å². The quantitative estimate of drug-likeness (QED) is 0.748. The maximum absolute atomic E-state index is 12.1. The first-order valence-corrected chi connectivity index (χ1v) is 9.93. The number of likely N-dealkylation sites (tertiary alicyclic amines) is 1. The maximum Gasteiger partial charge on any atom is 0.220 e. The summed E-state index contributed by atoms with van der Waals surface area (Å²) in [7, 11) is 2.17. The van der Waals surface area contributed by atoms with Crippen LogP contribution < -0.4 is 5.32 Å². The van der Waals surface area contributed by atoms with Crippen molar-refractivity contribution in [1.82, 2.24) is 20.2 Å². The second-order valence-electron chi connectivity index (χ2n) is 7.85. The lowest BCUT2D eigenvalue weighted by atomic mass is 9.93. The van der Waals surface area contributed by atoms with Gasteiger partial charge in [0.2, 0.25) is 5.91 Å². The Kier molecular flexibility index (Phi) is 6.30. The lowest BCUT2D eigenvalue weighted by Gasteiger charge is -2.29. The molecular weight excluding hydrogens is 324 g/mol. The summed E-state index contributed by atoms with van der Waals surface area (Å²) in [5, 5.41) is 3.06. The third-order valence-corrected chi connectivity index (χ3v) is 5.64. The van der Waals surface area contributed by atoms with Gasteiger partial charge in [0.25, 0.3) is 0 Å². The van der Waals surface area contributed by atoms with Crippen molar-refractivity contribution in [2.45, 2.75) is 52.4 Å². The molecule has 1 unspecified atom stereocenters. The highest BCUT2D eigenvalue weighted by atomic mass is 16.1. The number of carbonyl (C=O) groups is 1. The van der Waals surface area contributed by atoms with Crippen molar-refractivity contribution < 1.29 is 4.79 Å². The fourth-order valence-electron chi connectivity index (χ4n) is 3.90. The van der Waals surface area contributed by atoms with Crippen molar-refractivity contribution in [1.29, 1.82) is 0 Å². The van der Waals surface area contributed by atoms with Crippen LogP contribution >= 0.6 is 0 Å². The Labute approximate surface area is 156 Å². The van der Waals surface area contributed by atoms with E-state index in [1.807, 2.05) is 0 Å². The number of aryl methyl sites for hydroxylation is 3. The van der Waals surface area contributed by atoms with Crippen molar-refractivity contribution in [3.05, 3.63) is 29.1 Å². The molecule has 0 saturated carbocycles. The van der Waals surface area contributed by atoms with E-state index in [0.717, 1.165) is 49.2 Å². The molecule has 2 N–H and O–H groups in total. The van der Waals surface area contributed by atoms with Gasteiger partial charge in [0.15, 0.2) is 0 Å². The van der Waals surface area contributed by atoms with Gasteiger partial charge in [-0.05, 0) is 76.2 Å². The molecule has 1 amide bonds. The molecule has 1 aliphatic heterocycles. The Balaban J connectivity index is 1.37. The third-order valence-electron chi connectivity index (χ3n) is 5.64. The highest BCUT2D eigenvalue weighted by Crippen LogP contribution is 2.20. The number of aromatic amines is 1. The van der Waals surface area contributed by atoms with Crippen LogP contribution in [0.3, 0.4) is 0 Å². The van der Waals surface area contributed by atoms with E-state index in [1.165, 1.54) is 30.5 Å². The fraction of sp³-hybridized carbons (Fsp3) is 0.619. The second-order valence-corrected chi connectivity index (χ2v) is 7.85. The van der Waals surface area contributed by atoms with Crippen LogP contribution in [0.15, 0.2) is 12.1 Å². The predicted molar refractivity (Wildman–Crippen MR) is 106 cm³/mol. The van der Waals surface area contributed by atoms with Gasteiger partial charge in [0.1, 0.15) is 5.82 Å². The molecule has 1 aromatic heterocycles. The number of amides is 1. The number of aromatic nitrogens is 2. The smallest absolute Gasteiger partial charge is 0.220 e. The molecule has 5 nitrogen and oxygen atoms in total. The topological polar surface area (TPSA) is 61.0 Å². The summed E-state index contributed by atoms with van der Waals surface area (Å²) in [6, 6.07) is 4.22. The van der Waals surface area contributed by atoms with E-state index in [-0.39, 0.29) is 5.91 Å². The molecule has 0 aliphatic carbocycles. The zero-order valence-corrected chi connectivity index (χ0v) is 16.4. The average Bonchev–Trinajstić information content (AvgIpc) is 3.04. The first-order chi connectivity index (χ1) is 12.5. The molecule has 0 radical (unpaired) electrons. The molecule has 142 valence electrons. The number of H-pyrrole nitrogens is 1. The maximum atomic E-state index is 12.1. The number of piperidine rings is 1. The molecule has 5 heteroatoms. The molecule has 2 aromatic rings. The van der Waals surface area contributed by atoms with Gasteiger partial charge in [-0.2, -0.15) is 0 Å². The van der Waals surface area contributed by atoms with Crippen molar-refractivity contribution in [2.75, 3.05) is 26.7 Å². The number of fused-ring (bicyclic) bond motifs is 1.